The Balaban J connectivity index is 1.46. The summed E-state index contributed by atoms with van der Waals surface area (Å²) in [6, 6.07) is 6.28. The summed E-state index contributed by atoms with van der Waals surface area (Å²) < 4.78 is 6.06. The maximum absolute atomic E-state index is 9.15. The van der Waals surface area contributed by atoms with Crippen molar-refractivity contribution in [3.63, 3.8) is 0 Å². The topological polar surface area (TPSA) is 41.8 Å². The molecule has 2 saturated carbocycles. The monoisotopic (exact) mass is 285 g/mol. The van der Waals surface area contributed by atoms with Crippen LogP contribution in [0.5, 0.6) is 5.75 Å². The molecule has 1 N–H and O–H groups in total. The van der Waals surface area contributed by atoms with Gasteiger partial charge in [0, 0.05) is 5.56 Å². The molecule has 3 unspecified atom stereocenters. The van der Waals surface area contributed by atoms with Crippen LogP contribution in [0.2, 0.25) is 0 Å². The Morgan fingerprint density at radius 3 is 2.90 bits per heavy atom. The first-order valence-electron chi connectivity index (χ1n) is 8.30. The first-order valence-corrected chi connectivity index (χ1v) is 8.30. The molecule has 3 heteroatoms. The highest BCUT2D eigenvalue weighted by Crippen LogP contribution is 2.48. The largest absolute Gasteiger partial charge is 0.493 e. The second-order valence-electron chi connectivity index (χ2n) is 6.97. The van der Waals surface area contributed by atoms with E-state index in [1.54, 1.807) is 0 Å². The highest BCUT2D eigenvalue weighted by atomic mass is 16.5. The Hall–Kier alpha value is -1.51. The number of rotatable bonds is 3. The minimum absolute atomic E-state index is 0.755. The van der Waals surface area contributed by atoms with Crippen molar-refractivity contribution in [2.24, 2.45) is 22.9 Å². The predicted octanol–water partition coefficient (Wildman–Crippen LogP) is 4.02. The Morgan fingerprint density at radius 1 is 1.19 bits per heavy atom. The van der Waals surface area contributed by atoms with Gasteiger partial charge in [0.2, 0.25) is 0 Å². The van der Waals surface area contributed by atoms with Crippen LogP contribution in [-0.4, -0.2) is 17.5 Å². The molecule has 0 saturated heterocycles. The Morgan fingerprint density at radius 2 is 2.14 bits per heavy atom. The molecule has 21 heavy (non-hydrogen) atoms. The number of hydrogen-bond donors (Lipinski definition) is 1. The third kappa shape index (κ3) is 2.43. The molecule has 2 fully saturated rings. The molecule has 112 valence electrons. The Labute approximate surface area is 126 Å². The van der Waals surface area contributed by atoms with Crippen LogP contribution in [0, 0.1) is 17.8 Å². The number of nitrogens with zero attached hydrogens (tertiary/aromatic N) is 1. The fourth-order valence-electron chi connectivity index (χ4n) is 4.60. The second kappa shape index (κ2) is 5.36. The summed E-state index contributed by atoms with van der Waals surface area (Å²) in [7, 11) is 0. The predicted molar refractivity (Wildman–Crippen MR) is 82.1 cm³/mol. The van der Waals surface area contributed by atoms with Crippen LogP contribution in [-0.2, 0) is 6.42 Å². The lowest BCUT2D eigenvalue weighted by atomic mass is 9.89. The normalized spacial score (nSPS) is 32.4. The molecule has 0 amide bonds. The van der Waals surface area contributed by atoms with E-state index in [0.717, 1.165) is 60.6 Å². The van der Waals surface area contributed by atoms with Crippen molar-refractivity contribution in [1.29, 1.82) is 0 Å². The second-order valence-corrected chi connectivity index (χ2v) is 6.97. The molecule has 0 spiro atoms. The van der Waals surface area contributed by atoms with Crippen LogP contribution in [0.1, 0.15) is 49.7 Å². The quantitative estimate of drug-likeness (QED) is 0.673. The average Bonchev–Trinajstić information content (AvgIpc) is 3.15. The number of aryl methyl sites for hydroxylation is 1. The van der Waals surface area contributed by atoms with E-state index in [0.29, 0.717) is 0 Å². The van der Waals surface area contributed by atoms with Gasteiger partial charge in [-0.2, -0.15) is 0 Å². The smallest absolute Gasteiger partial charge is 0.119 e. The number of benzene rings is 1. The zero-order valence-electron chi connectivity index (χ0n) is 12.4. The summed E-state index contributed by atoms with van der Waals surface area (Å²) in [5.74, 6) is 3.56. The number of fused-ring (bicyclic) bond motifs is 3. The van der Waals surface area contributed by atoms with E-state index < -0.39 is 0 Å². The molecule has 4 rings (SSSR count). The molecule has 0 aromatic heterocycles. The fourth-order valence-corrected chi connectivity index (χ4v) is 4.60. The molecule has 3 aliphatic rings. The van der Waals surface area contributed by atoms with E-state index >= 15 is 0 Å². The van der Waals surface area contributed by atoms with Gasteiger partial charge < -0.3 is 9.94 Å². The van der Waals surface area contributed by atoms with E-state index in [-0.39, 0.29) is 0 Å². The molecule has 1 aromatic rings. The van der Waals surface area contributed by atoms with Gasteiger partial charge in [-0.1, -0.05) is 17.6 Å². The third-order valence-corrected chi connectivity index (χ3v) is 5.72. The Kier molecular flexibility index (Phi) is 3.36. The van der Waals surface area contributed by atoms with Crippen molar-refractivity contribution in [3.8, 4) is 5.75 Å². The maximum atomic E-state index is 9.15. The van der Waals surface area contributed by atoms with Crippen LogP contribution >= 0.6 is 0 Å². The van der Waals surface area contributed by atoms with E-state index in [1.165, 1.54) is 31.2 Å². The first kappa shape index (κ1) is 13.2. The number of oxime groups is 1. The van der Waals surface area contributed by atoms with Crippen molar-refractivity contribution in [2.45, 2.75) is 44.9 Å². The molecule has 0 heterocycles. The van der Waals surface area contributed by atoms with Crippen molar-refractivity contribution < 1.29 is 9.94 Å². The lowest BCUT2D eigenvalue weighted by Gasteiger charge is -2.23. The molecule has 1 aromatic carbocycles. The van der Waals surface area contributed by atoms with Gasteiger partial charge in [0.05, 0.1) is 12.3 Å². The molecular formula is C18H23NO2. The summed E-state index contributed by atoms with van der Waals surface area (Å²) in [4.78, 5) is 0. The zero-order valence-corrected chi connectivity index (χ0v) is 12.4. The van der Waals surface area contributed by atoms with Gasteiger partial charge in [-0.05, 0) is 74.0 Å². The first-order chi connectivity index (χ1) is 10.3. The van der Waals surface area contributed by atoms with Crippen LogP contribution in [0.25, 0.3) is 0 Å². The zero-order chi connectivity index (χ0) is 14.2. The van der Waals surface area contributed by atoms with Crippen LogP contribution in [0.15, 0.2) is 23.4 Å². The number of hydrogen-bond acceptors (Lipinski definition) is 3. The molecule has 3 nitrogen and oxygen atoms in total. The molecule has 3 aliphatic carbocycles. The number of ether oxygens (including phenoxy) is 1. The van der Waals surface area contributed by atoms with Crippen LogP contribution in [0.3, 0.4) is 0 Å². The minimum Gasteiger partial charge on any atom is -0.493 e. The molecule has 0 radical (unpaired) electrons. The highest BCUT2D eigenvalue weighted by molar-refractivity contribution is 6.02. The average molecular weight is 285 g/mol. The lowest BCUT2D eigenvalue weighted by Crippen LogP contribution is -2.19. The van der Waals surface area contributed by atoms with E-state index in [4.69, 9.17) is 9.94 Å². The van der Waals surface area contributed by atoms with Crippen LogP contribution in [0.4, 0.5) is 0 Å². The summed E-state index contributed by atoms with van der Waals surface area (Å²) in [5, 5.41) is 12.6. The van der Waals surface area contributed by atoms with Gasteiger partial charge in [0.25, 0.3) is 0 Å². The highest BCUT2D eigenvalue weighted by Gasteiger charge is 2.39. The van der Waals surface area contributed by atoms with Crippen LogP contribution < -0.4 is 4.74 Å². The summed E-state index contributed by atoms with van der Waals surface area (Å²) in [5.41, 5.74) is 3.16. The molecule has 2 bridgehead atoms. The molecule has 3 atom stereocenters. The van der Waals surface area contributed by atoms with Crippen molar-refractivity contribution in [1.82, 2.24) is 0 Å². The lowest BCUT2D eigenvalue weighted by molar-refractivity contribution is 0.195. The van der Waals surface area contributed by atoms with Gasteiger partial charge >= 0.3 is 0 Å². The fraction of sp³-hybridized carbons (Fsp3) is 0.611. The molecule has 0 aliphatic heterocycles. The van der Waals surface area contributed by atoms with E-state index in [9.17, 15) is 0 Å². The van der Waals surface area contributed by atoms with Gasteiger partial charge in [0.15, 0.2) is 0 Å². The Bertz CT molecular complexity index is 566. The maximum Gasteiger partial charge on any atom is 0.119 e. The summed E-state index contributed by atoms with van der Waals surface area (Å²) in [6.07, 6.45) is 8.64. The van der Waals surface area contributed by atoms with E-state index in [1.807, 2.05) is 0 Å². The van der Waals surface area contributed by atoms with Gasteiger partial charge in [-0.25, -0.2) is 0 Å². The van der Waals surface area contributed by atoms with Gasteiger partial charge in [-0.3, -0.25) is 0 Å². The van der Waals surface area contributed by atoms with Gasteiger partial charge in [-0.15, -0.1) is 0 Å². The summed E-state index contributed by atoms with van der Waals surface area (Å²) in [6.45, 7) is 0.853. The van der Waals surface area contributed by atoms with Crippen molar-refractivity contribution >= 4 is 5.71 Å². The summed E-state index contributed by atoms with van der Waals surface area (Å²) >= 11 is 0. The standard InChI is InChI=1S/C18H23NO2/c20-19-18-3-1-2-13-6-7-16(10-17(13)18)21-11-15-9-12-4-5-14(15)8-12/h6-7,10,12,14-15,20H,1-5,8-9,11H2/b19-18-. The molecular weight excluding hydrogens is 262 g/mol. The van der Waals surface area contributed by atoms with Gasteiger partial charge in [0.1, 0.15) is 5.75 Å². The SMILES string of the molecule is O/N=C1/CCCc2ccc(OCC3CC4CCC3C4)cc21. The third-order valence-electron chi connectivity index (χ3n) is 5.72. The van der Waals surface area contributed by atoms with Crippen molar-refractivity contribution in [2.75, 3.05) is 6.61 Å². The minimum atomic E-state index is 0.755. The van der Waals surface area contributed by atoms with E-state index in [2.05, 4.69) is 23.4 Å². The van der Waals surface area contributed by atoms with Crippen molar-refractivity contribution in [3.05, 3.63) is 29.3 Å².